The first-order valence-corrected chi connectivity index (χ1v) is 17.1. The number of thioether (sulfide) groups is 1. The molecule has 0 spiro atoms. The molecule has 0 aromatic heterocycles. The second kappa shape index (κ2) is 15.5. The number of hydrogen-bond acceptors (Lipinski definition) is 7. The molecule has 0 aliphatic heterocycles. The number of rotatable bonds is 11. The van der Waals surface area contributed by atoms with Crippen LogP contribution in [0.15, 0.2) is 132 Å². The zero-order valence-corrected chi connectivity index (χ0v) is 28.6. The van der Waals surface area contributed by atoms with Gasteiger partial charge in [-0.2, -0.15) is 0 Å². The molecule has 0 fully saturated rings. The molecule has 0 saturated heterocycles. The quantitative estimate of drug-likeness (QED) is 0.0952. The van der Waals surface area contributed by atoms with Crippen molar-refractivity contribution in [2.75, 3.05) is 17.7 Å². The topological polar surface area (TPSA) is 131 Å². The minimum atomic E-state index is -0.566. The van der Waals surface area contributed by atoms with E-state index in [0.717, 1.165) is 0 Å². The summed E-state index contributed by atoms with van der Waals surface area (Å²) in [7, 11) is 1.56. The summed E-state index contributed by atoms with van der Waals surface area (Å²) in [6.07, 6.45) is 2.03. The maximum Gasteiger partial charge on any atom is 0.272 e. The van der Waals surface area contributed by atoms with Crippen molar-refractivity contribution in [3.05, 3.63) is 160 Å². The van der Waals surface area contributed by atoms with Gasteiger partial charge in [-0.05, 0) is 66.6 Å². The highest BCUT2D eigenvalue weighted by Crippen LogP contribution is 2.34. The van der Waals surface area contributed by atoms with Crippen LogP contribution in [-0.2, 0) is 9.59 Å². The lowest BCUT2D eigenvalue weighted by molar-refractivity contribution is -0.116. The number of nitrogens with one attached hydrogen (secondary N) is 3. The van der Waals surface area contributed by atoms with E-state index in [9.17, 15) is 24.0 Å². The van der Waals surface area contributed by atoms with Crippen LogP contribution in [-0.4, -0.2) is 41.6 Å². The Labute approximate surface area is 299 Å². The van der Waals surface area contributed by atoms with Gasteiger partial charge >= 0.3 is 0 Å². The summed E-state index contributed by atoms with van der Waals surface area (Å²) in [6, 6.07) is 34.2. The molecule has 6 rings (SSSR count). The lowest BCUT2D eigenvalue weighted by atomic mass is 9.83. The summed E-state index contributed by atoms with van der Waals surface area (Å²) in [5, 5.41) is 7.92. The van der Waals surface area contributed by atoms with Crippen LogP contribution in [0.1, 0.15) is 61.1 Å². The third-order valence-electron chi connectivity index (χ3n) is 8.20. The monoisotopic (exact) mass is 695 g/mol. The zero-order valence-electron chi connectivity index (χ0n) is 27.8. The van der Waals surface area contributed by atoms with Gasteiger partial charge < -0.3 is 20.7 Å². The van der Waals surface area contributed by atoms with Crippen LogP contribution in [0.5, 0.6) is 5.75 Å². The second-order valence-corrected chi connectivity index (χ2v) is 12.8. The first kappa shape index (κ1) is 34.6. The van der Waals surface area contributed by atoms with Crippen molar-refractivity contribution in [1.82, 2.24) is 5.32 Å². The molecule has 5 aromatic carbocycles. The molecule has 5 aromatic rings. The van der Waals surface area contributed by atoms with Gasteiger partial charge in [0.1, 0.15) is 11.4 Å². The van der Waals surface area contributed by atoms with E-state index in [2.05, 4.69) is 16.0 Å². The van der Waals surface area contributed by atoms with Crippen molar-refractivity contribution >= 4 is 58.5 Å². The molecule has 1 aliphatic carbocycles. The number of ketones is 2. The number of anilines is 2. The largest absolute Gasteiger partial charge is 0.497 e. The molecule has 0 radical (unpaired) electrons. The molecular weight excluding hydrogens is 663 g/mol. The molecule has 0 heterocycles. The standard InChI is InChI=1S/C41H33N3O6S/c1-3-35(41(49)43-33-18-10-17-32-36(33)38(46)31-16-8-7-15-30(31)37(32)45)51-29-14-9-13-27(24-29)42-40(48)34(23-25-19-21-28(50-2)22-20-25)44-39(47)26-11-5-4-6-12-26/h4-24,35H,3H2,1-2H3,(H,42,48)(H,43,49)(H,44,47)/b34-23+. The van der Waals surface area contributed by atoms with Crippen molar-refractivity contribution in [1.29, 1.82) is 0 Å². The summed E-state index contributed by atoms with van der Waals surface area (Å²) in [5.74, 6) is -1.26. The minimum absolute atomic E-state index is 0.0275. The highest BCUT2D eigenvalue weighted by Gasteiger charge is 2.32. The van der Waals surface area contributed by atoms with Gasteiger partial charge in [-0.1, -0.05) is 79.7 Å². The highest BCUT2D eigenvalue weighted by molar-refractivity contribution is 8.00. The van der Waals surface area contributed by atoms with E-state index in [-0.39, 0.29) is 40.0 Å². The van der Waals surface area contributed by atoms with Gasteiger partial charge in [0, 0.05) is 32.8 Å². The van der Waals surface area contributed by atoms with E-state index in [1.165, 1.54) is 11.8 Å². The smallest absolute Gasteiger partial charge is 0.272 e. The van der Waals surface area contributed by atoms with Crippen molar-refractivity contribution in [2.24, 2.45) is 0 Å². The number of carbonyl (C=O) groups excluding carboxylic acids is 5. The van der Waals surface area contributed by atoms with Gasteiger partial charge in [0.2, 0.25) is 5.91 Å². The Morgan fingerprint density at radius 1 is 0.745 bits per heavy atom. The van der Waals surface area contributed by atoms with E-state index in [1.54, 1.807) is 128 Å². The van der Waals surface area contributed by atoms with E-state index in [4.69, 9.17) is 4.74 Å². The molecule has 0 bridgehead atoms. The van der Waals surface area contributed by atoms with Crippen molar-refractivity contribution in [3.8, 4) is 5.75 Å². The minimum Gasteiger partial charge on any atom is -0.497 e. The van der Waals surface area contributed by atoms with Crippen LogP contribution in [0.25, 0.3) is 6.08 Å². The van der Waals surface area contributed by atoms with Gasteiger partial charge in [-0.3, -0.25) is 24.0 Å². The number of ether oxygens (including phenoxy) is 1. The summed E-state index contributed by atoms with van der Waals surface area (Å²) >= 11 is 1.30. The van der Waals surface area contributed by atoms with Crippen LogP contribution in [0.2, 0.25) is 0 Å². The summed E-state index contributed by atoms with van der Waals surface area (Å²) in [4.78, 5) is 67.6. The lowest BCUT2D eigenvalue weighted by Gasteiger charge is -2.21. The Hall–Kier alpha value is -6.26. The second-order valence-electron chi connectivity index (χ2n) is 11.6. The Bertz CT molecular complexity index is 2180. The maximum atomic E-state index is 13.6. The predicted octanol–water partition coefficient (Wildman–Crippen LogP) is 7.39. The van der Waals surface area contributed by atoms with E-state index in [0.29, 0.717) is 45.0 Å². The molecule has 1 atom stereocenters. The van der Waals surface area contributed by atoms with E-state index < -0.39 is 17.1 Å². The van der Waals surface area contributed by atoms with Crippen LogP contribution < -0.4 is 20.7 Å². The van der Waals surface area contributed by atoms with E-state index in [1.807, 2.05) is 13.0 Å². The zero-order chi connectivity index (χ0) is 35.9. The first-order chi connectivity index (χ1) is 24.7. The number of carbonyl (C=O) groups is 5. The third-order valence-corrected chi connectivity index (χ3v) is 9.56. The fraction of sp³-hybridized carbons (Fsp3) is 0.0976. The molecule has 9 nitrogen and oxygen atoms in total. The number of hydrogen-bond donors (Lipinski definition) is 3. The molecule has 0 saturated carbocycles. The molecule has 1 aliphatic rings. The summed E-state index contributed by atoms with van der Waals surface area (Å²) in [6.45, 7) is 1.87. The highest BCUT2D eigenvalue weighted by atomic mass is 32.2. The van der Waals surface area contributed by atoms with Crippen molar-refractivity contribution in [3.63, 3.8) is 0 Å². The normalized spacial score (nSPS) is 12.6. The average molecular weight is 696 g/mol. The maximum absolute atomic E-state index is 13.6. The SMILES string of the molecule is CCC(Sc1cccc(NC(=O)/C(=C\c2ccc(OC)cc2)NC(=O)c2ccccc2)c1)C(=O)Nc1cccc2c1C(=O)c1ccccc1C2=O. The molecule has 254 valence electrons. The molecule has 1 unspecified atom stereocenters. The van der Waals surface area contributed by atoms with Crippen LogP contribution in [0.4, 0.5) is 11.4 Å². The lowest BCUT2D eigenvalue weighted by Crippen LogP contribution is -2.30. The molecule has 3 amide bonds. The molecular formula is C41H33N3O6S. The van der Waals surface area contributed by atoms with Gasteiger partial charge in [-0.15, -0.1) is 11.8 Å². The molecule has 10 heteroatoms. The third kappa shape index (κ3) is 7.82. The van der Waals surface area contributed by atoms with Gasteiger partial charge in [0.25, 0.3) is 11.8 Å². The predicted molar refractivity (Wildman–Crippen MR) is 198 cm³/mol. The van der Waals surface area contributed by atoms with Crippen LogP contribution >= 0.6 is 11.8 Å². The summed E-state index contributed by atoms with van der Waals surface area (Å²) < 4.78 is 5.23. The van der Waals surface area contributed by atoms with Crippen LogP contribution in [0.3, 0.4) is 0 Å². The Balaban J connectivity index is 1.18. The number of fused-ring (bicyclic) bond motifs is 2. The molecule has 51 heavy (non-hydrogen) atoms. The van der Waals surface area contributed by atoms with Crippen molar-refractivity contribution < 1.29 is 28.7 Å². The van der Waals surface area contributed by atoms with Crippen molar-refractivity contribution in [2.45, 2.75) is 23.5 Å². The Morgan fingerprint density at radius 2 is 1.41 bits per heavy atom. The van der Waals surface area contributed by atoms with Crippen LogP contribution in [0, 0.1) is 0 Å². The van der Waals surface area contributed by atoms with Gasteiger partial charge in [0.05, 0.1) is 23.6 Å². The average Bonchev–Trinajstić information content (AvgIpc) is 3.16. The number of methoxy groups -OCH3 is 1. The number of benzene rings is 5. The van der Waals surface area contributed by atoms with E-state index >= 15 is 0 Å². The Morgan fingerprint density at radius 3 is 2.12 bits per heavy atom. The first-order valence-electron chi connectivity index (χ1n) is 16.2. The number of amides is 3. The fourth-order valence-electron chi connectivity index (χ4n) is 5.60. The molecule has 3 N–H and O–H groups in total. The Kier molecular flexibility index (Phi) is 10.5. The fourth-order valence-corrected chi connectivity index (χ4v) is 6.62. The van der Waals surface area contributed by atoms with Gasteiger partial charge in [-0.25, -0.2) is 0 Å². The summed E-state index contributed by atoms with van der Waals surface area (Å²) in [5.41, 5.74) is 2.90. The van der Waals surface area contributed by atoms with Gasteiger partial charge in [0.15, 0.2) is 11.6 Å².